The van der Waals surface area contributed by atoms with Gasteiger partial charge in [-0.1, -0.05) is 46.9 Å². The Bertz CT molecular complexity index is 158. The lowest BCUT2D eigenvalue weighted by Crippen LogP contribution is -2.09. The number of aliphatic hydroxyl groups excluding tert-OH is 1. The van der Waals surface area contributed by atoms with Crippen LogP contribution in [0.1, 0.15) is 86.8 Å². The van der Waals surface area contributed by atoms with E-state index in [1.165, 1.54) is 33.1 Å². The smallest absolute Gasteiger partial charge is 0.132 e. The summed E-state index contributed by atoms with van der Waals surface area (Å²) in [5.74, 6) is 0.464. The first-order valence-electron chi connectivity index (χ1n) is 7.99. The molecule has 1 N–H and O–H groups in total. The highest BCUT2D eigenvalue weighted by molar-refractivity contribution is 5.78. The molecule has 0 aliphatic heterocycles. The van der Waals surface area contributed by atoms with E-state index >= 15 is 0 Å². The molecule has 0 saturated heterocycles. The summed E-state index contributed by atoms with van der Waals surface area (Å²) in [7, 11) is 1.25. The highest BCUT2D eigenvalue weighted by Gasteiger charge is 2.07. The van der Waals surface area contributed by atoms with E-state index in [0.29, 0.717) is 5.78 Å². The van der Waals surface area contributed by atoms with Crippen LogP contribution in [0.25, 0.3) is 0 Å². The van der Waals surface area contributed by atoms with Crippen LogP contribution >= 0.6 is 0 Å². The van der Waals surface area contributed by atoms with E-state index in [1.807, 2.05) is 13.8 Å². The zero-order valence-electron chi connectivity index (χ0n) is 13.0. The molecule has 0 aromatic carbocycles. The number of Topliss-reactive ketones (excluding diaryl/α,β-unsaturated/α-hetero) is 1. The van der Waals surface area contributed by atoms with E-state index in [2.05, 4.69) is 0 Å². The van der Waals surface area contributed by atoms with Crippen LogP contribution in [0.3, 0.4) is 0 Å². The number of aliphatic hydroxyl groups is 1. The topological polar surface area (TPSA) is 37.3 Å². The lowest BCUT2D eigenvalue weighted by atomic mass is 9.98. The van der Waals surface area contributed by atoms with Crippen LogP contribution in [-0.2, 0) is 4.79 Å². The standard InChI is InChI=1S/C6H12O.C6H10O.C2H6.CH4/c2*7-6-4-2-1-3-5-6;1-2;/h6-7H,1-5H2;1-5H2;1-2H3;1H4/i;;;1D. The van der Waals surface area contributed by atoms with Gasteiger partial charge in [0.25, 0.3) is 0 Å². The Hall–Kier alpha value is -0.370. The summed E-state index contributed by atoms with van der Waals surface area (Å²) in [6, 6.07) is 0. The van der Waals surface area contributed by atoms with Crippen LogP contribution in [0.2, 0.25) is 0 Å². The molecule has 0 amide bonds. The Labute approximate surface area is 109 Å². The van der Waals surface area contributed by atoms with Crippen molar-refractivity contribution in [3.8, 4) is 0 Å². The molecule has 2 rings (SSSR count). The fraction of sp³-hybridized carbons (Fsp3) is 0.933. The Balaban J connectivity index is 0. The van der Waals surface area contributed by atoms with Crippen molar-refractivity contribution in [3.05, 3.63) is 0 Å². The van der Waals surface area contributed by atoms with Gasteiger partial charge in [0.05, 0.1) is 6.10 Å². The summed E-state index contributed by atoms with van der Waals surface area (Å²) in [6.07, 6.45) is 11.2. The van der Waals surface area contributed by atoms with Gasteiger partial charge in [-0.05, 0) is 25.7 Å². The van der Waals surface area contributed by atoms with Gasteiger partial charge in [-0.3, -0.25) is 4.79 Å². The van der Waals surface area contributed by atoms with E-state index in [9.17, 15) is 4.79 Å². The molecule has 104 valence electrons. The second kappa shape index (κ2) is 13.7. The molecule has 0 heterocycles. The number of carbonyl (C=O) groups is 1. The van der Waals surface area contributed by atoms with Crippen LogP contribution in [0.5, 0.6) is 0 Å². The van der Waals surface area contributed by atoms with Crippen LogP contribution in [0.4, 0.5) is 0 Å². The minimum Gasteiger partial charge on any atom is -0.393 e. The van der Waals surface area contributed by atoms with Crippen molar-refractivity contribution in [1.29, 1.82) is 0 Å². The summed E-state index contributed by atoms with van der Waals surface area (Å²) in [4.78, 5) is 10.5. The Morgan fingerprint density at radius 3 is 1.65 bits per heavy atom. The molecular weight excluding hydrogens is 212 g/mol. The van der Waals surface area contributed by atoms with E-state index in [1.54, 1.807) is 0 Å². The van der Waals surface area contributed by atoms with E-state index in [0.717, 1.165) is 38.5 Å². The molecule has 2 aliphatic rings. The molecule has 0 bridgehead atoms. The van der Waals surface area contributed by atoms with Crippen molar-refractivity contribution in [3.63, 3.8) is 0 Å². The SMILES string of the molecule is CC.O=C1CCCCC1.OC1CCCCC1.[2H]C. The molecule has 0 spiro atoms. The molecule has 0 aromatic heterocycles. The van der Waals surface area contributed by atoms with Gasteiger partial charge in [0, 0.05) is 14.2 Å². The molecular formula is C15H32O2. The van der Waals surface area contributed by atoms with Gasteiger partial charge in [0.1, 0.15) is 5.78 Å². The summed E-state index contributed by atoms with van der Waals surface area (Å²) >= 11 is 0. The van der Waals surface area contributed by atoms with Crippen molar-refractivity contribution in [2.75, 3.05) is 0 Å². The van der Waals surface area contributed by atoms with Crippen molar-refractivity contribution >= 4 is 5.78 Å². The first-order chi connectivity index (χ1) is 8.79. The number of rotatable bonds is 0. The van der Waals surface area contributed by atoms with Crippen LogP contribution in [0.15, 0.2) is 0 Å². The fourth-order valence-electron chi connectivity index (χ4n) is 2.03. The second-order valence-corrected chi connectivity index (χ2v) is 4.39. The molecule has 2 saturated carbocycles. The van der Waals surface area contributed by atoms with Crippen LogP contribution in [-0.4, -0.2) is 17.0 Å². The number of hydrogen-bond acceptors (Lipinski definition) is 2. The quantitative estimate of drug-likeness (QED) is 0.682. The highest BCUT2D eigenvalue weighted by Crippen LogP contribution is 2.16. The maximum absolute atomic E-state index is 10.5. The molecule has 0 unspecified atom stereocenters. The lowest BCUT2D eigenvalue weighted by Gasteiger charge is -2.14. The molecule has 2 fully saturated rings. The monoisotopic (exact) mass is 245 g/mol. The van der Waals surface area contributed by atoms with Gasteiger partial charge in [-0.2, -0.15) is 0 Å². The Morgan fingerprint density at radius 1 is 1.00 bits per heavy atom. The summed E-state index contributed by atoms with van der Waals surface area (Å²) in [6.45, 7) is 4.00. The van der Waals surface area contributed by atoms with Gasteiger partial charge < -0.3 is 5.11 Å². The maximum Gasteiger partial charge on any atom is 0.132 e. The van der Waals surface area contributed by atoms with E-state index < -0.39 is 0 Å². The first-order valence-corrected chi connectivity index (χ1v) is 6.99. The number of ketones is 1. The molecule has 2 heteroatoms. The summed E-state index contributed by atoms with van der Waals surface area (Å²) < 4.78 is 5.75. The highest BCUT2D eigenvalue weighted by atomic mass is 16.3. The summed E-state index contributed by atoms with van der Waals surface area (Å²) in [5.41, 5.74) is 0. The predicted octanol–water partition coefficient (Wildman–Crippen LogP) is 4.49. The van der Waals surface area contributed by atoms with Crippen molar-refractivity contribution < 1.29 is 11.3 Å². The van der Waals surface area contributed by atoms with Crippen LogP contribution in [0, 0.1) is 0 Å². The van der Waals surface area contributed by atoms with Gasteiger partial charge in [0.15, 0.2) is 0 Å². The van der Waals surface area contributed by atoms with Crippen molar-refractivity contribution in [2.24, 2.45) is 0 Å². The summed E-state index contributed by atoms with van der Waals surface area (Å²) in [5, 5.41) is 8.91. The van der Waals surface area contributed by atoms with Gasteiger partial charge >= 0.3 is 0 Å². The number of hydrogen-bond donors (Lipinski definition) is 1. The van der Waals surface area contributed by atoms with Crippen molar-refractivity contribution in [1.82, 2.24) is 0 Å². The lowest BCUT2D eigenvalue weighted by molar-refractivity contribution is -0.120. The average molecular weight is 245 g/mol. The third-order valence-electron chi connectivity index (χ3n) is 2.99. The predicted molar refractivity (Wildman–Crippen MR) is 75.3 cm³/mol. The maximum atomic E-state index is 10.5. The Kier molecular flexibility index (Phi) is 13.4. The van der Waals surface area contributed by atoms with Gasteiger partial charge in [0.2, 0.25) is 0 Å². The minimum absolute atomic E-state index is 0.0359. The van der Waals surface area contributed by atoms with Crippen molar-refractivity contribution in [2.45, 2.75) is 91.6 Å². The fourth-order valence-corrected chi connectivity index (χ4v) is 2.03. The zero-order valence-corrected chi connectivity index (χ0v) is 12.0. The van der Waals surface area contributed by atoms with E-state index in [-0.39, 0.29) is 6.10 Å². The second-order valence-electron chi connectivity index (χ2n) is 4.39. The third-order valence-corrected chi connectivity index (χ3v) is 2.99. The average Bonchev–Trinajstić information content (AvgIpc) is 2.46. The number of carbonyl (C=O) groups excluding carboxylic acids is 1. The van der Waals surface area contributed by atoms with E-state index in [4.69, 9.17) is 6.48 Å². The molecule has 0 aromatic rings. The first kappa shape index (κ1) is 16.6. The molecule has 2 aliphatic carbocycles. The van der Waals surface area contributed by atoms with Crippen LogP contribution < -0.4 is 0 Å². The zero-order chi connectivity index (χ0) is 14.2. The molecule has 0 radical (unpaired) electrons. The largest absolute Gasteiger partial charge is 0.393 e. The Morgan fingerprint density at radius 2 is 1.41 bits per heavy atom. The third kappa shape index (κ3) is 11.9. The molecule has 0 atom stereocenters. The van der Waals surface area contributed by atoms with Gasteiger partial charge in [-0.15, -0.1) is 0 Å². The van der Waals surface area contributed by atoms with Gasteiger partial charge in [-0.25, -0.2) is 0 Å². The normalized spacial score (nSPS) is 20.5. The molecule has 17 heavy (non-hydrogen) atoms. The minimum atomic E-state index is 0.0359. The molecule has 2 nitrogen and oxygen atoms in total.